The SMILES string of the molecule is Cl.O=C(Nc1cc2cccnc2cc1O[C@H]1CC[C@@H](O)CC1)c1csc2cncnc12. The molecule has 4 aromatic rings. The van der Waals surface area contributed by atoms with Gasteiger partial charge in [-0.1, -0.05) is 6.07 Å². The smallest absolute Gasteiger partial charge is 0.258 e. The molecule has 1 aromatic carbocycles. The predicted octanol–water partition coefficient (Wildman–Crippen LogP) is 4.60. The predicted molar refractivity (Wildman–Crippen MR) is 123 cm³/mol. The Morgan fingerprint density at radius 2 is 2.03 bits per heavy atom. The van der Waals surface area contributed by atoms with Crippen LogP contribution in [0.4, 0.5) is 5.69 Å². The number of carbonyl (C=O) groups excluding carboxylic acids is 1. The average molecular weight is 457 g/mol. The number of ether oxygens (including phenoxy) is 1. The van der Waals surface area contributed by atoms with Crippen LogP contribution < -0.4 is 10.1 Å². The van der Waals surface area contributed by atoms with Crippen LogP contribution >= 0.6 is 23.7 Å². The number of nitrogens with zero attached hydrogens (tertiary/aromatic N) is 3. The number of thiophene rings is 1. The molecule has 1 saturated carbocycles. The molecule has 9 heteroatoms. The van der Waals surface area contributed by atoms with Gasteiger partial charge in [0.15, 0.2) is 0 Å². The summed E-state index contributed by atoms with van der Waals surface area (Å²) in [6.45, 7) is 0. The molecule has 3 aromatic heterocycles. The first-order valence-corrected chi connectivity index (χ1v) is 10.8. The number of amides is 1. The Balaban J connectivity index is 0.00000231. The van der Waals surface area contributed by atoms with E-state index in [1.165, 1.54) is 17.7 Å². The molecule has 0 aliphatic heterocycles. The van der Waals surface area contributed by atoms with Gasteiger partial charge in [-0.2, -0.15) is 0 Å². The maximum absolute atomic E-state index is 13.0. The van der Waals surface area contributed by atoms with Crippen molar-refractivity contribution in [2.75, 3.05) is 5.32 Å². The number of hydrogen-bond acceptors (Lipinski definition) is 7. The zero-order valence-corrected chi connectivity index (χ0v) is 18.2. The molecule has 2 N–H and O–H groups in total. The number of aromatic nitrogens is 3. The number of aliphatic hydroxyl groups is 1. The number of anilines is 1. The number of fused-ring (bicyclic) bond motifs is 2. The summed E-state index contributed by atoms with van der Waals surface area (Å²) < 4.78 is 7.12. The van der Waals surface area contributed by atoms with E-state index < -0.39 is 0 Å². The molecule has 0 atom stereocenters. The van der Waals surface area contributed by atoms with Gasteiger partial charge < -0.3 is 15.2 Å². The van der Waals surface area contributed by atoms with Crippen LogP contribution in [0.3, 0.4) is 0 Å². The van der Waals surface area contributed by atoms with Crippen molar-refractivity contribution >= 4 is 56.5 Å². The van der Waals surface area contributed by atoms with E-state index in [2.05, 4.69) is 20.3 Å². The molecule has 0 spiro atoms. The maximum atomic E-state index is 13.0. The molecular weight excluding hydrogens is 436 g/mol. The number of carbonyl (C=O) groups is 1. The van der Waals surface area contributed by atoms with Crippen molar-refractivity contribution in [3.8, 4) is 5.75 Å². The lowest BCUT2D eigenvalue weighted by molar-refractivity contribution is 0.0669. The third kappa shape index (κ3) is 4.46. The van der Waals surface area contributed by atoms with Crippen molar-refractivity contribution in [2.24, 2.45) is 0 Å². The molecule has 5 rings (SSSR count). The van der Waals surface area contributed by atoms with Gasteiger partial charge >= 0.3 is 0 Å². The quantitative estimate of drug-likeness (QED) is 0.466. The van der Waals surface area contributed by atoms with Gasteiger partial charge in [-0.25, -0.2) is 9.97 Å². The zero-order chi connectivity index (χ0) is 20.5. The zero-order valence-electron chi connectivity index (χ0n) is 16.5. The second kappa shape index (κ2) is 9.13. The van der Waals surface area contributed by atoms with Crippen molar-refractivity contribution in [2.45, 2.75) is 37.9 Å². The summed E-state index contributed by atoms with van der Waals surface area (Å²) in [6.07, 6.45) is 7.63. The van der Waals surface area contributed by atoms with E-state index in [-0.39, 0.29) is 30.5 Å². The number of aliphatic hydroxyl groups excluding tert-OH is 1. The standard InChI is InChI=1S/C22H20N4O3S.ClH/c27-14-3-5-15(6-4-14)29-19-9-17-13(2-1-7-24-17)8-18(19)26-22(28)16-11-30-20-10-23-12-25-21(16)20;/h1-2,7-12,14-15,27H,3-6H2,(H,26,28);1H/t14-,15+;. The second-order valence-corrected chi connectivity index (χ2v) is 8.34. The summed E-state index contributed by atoms with van der Waals surface area (Å²) in [5.74, 6) is 0.345. The van der Waals surface area contributed by atoms with Crippen molar-refractivity contribution in [3.63, 3.8) is 0 Å². The van der Waals surface area contributed by atoms with Crippen molar-refractivity contribution < 1.29 is 14.6 Å². The summed E-state index contributed by atoms with van der Waals surface area (Å²) in [5, 5.41) is 15.5. The molecule has 0 saturated heterocycles. The van der Waals surface area contributed by atoms with Crippen LogP contribution in [0.15, 0.2) is 48.4 Å². The molecule has 0 radical (unpaired) electrons. The summed E-state index contributed by atoms with van der Waals surface area (Å²) >= 11 is 1.44. The minimum atomic E-state index is -0.254. The van der Waals surface area contributed by atoms with E-state index in [0.29, 0.717) is 22.5 Å². The molecule has 1 aliphatic carbocycles. The lowest BCUT2D eigenvalue weighted by Crippen LogP contribution is -2.27. The van der Waals surface area contributed by atoms with Gasteiger partial charge in [0.25, 0.3) is 5.91 Å². The molecule has 0 unspecified atom stereocenters. The molecule has 1 aliphatic rings. The highest BCUT2D eigenvalue weighted by molar-refractivity contribution is 7.17. The number of nitrogens with one attached hydrogen (secondary N) is 1. The Bertz CT molecular complexity index is 1220. The number of hydrogen-bond donors (Lipinski definition) is 2. The highest BCUT2D eigenvalue weighted by Crippen LogP contribution is 2.34. The largest absolute Gasteiger partial charge is 0.488 e. The third-order valence-corrected chi connectivity index (χ3v) is 6.28. The fourth-order valence-electron chi connectivity index (χ4n) is 3.77. The average Bonchev–Trinajstić information content (AvgIpc) is 3.20. The van der Waals surface area contributed by atoms with Crippen LogP contribution in [0.1, 0.15) is 36.0 Å². The Hall–Kier alpha value is -2.81. The minimum Gasteiger partial charge on any atom is -0.488 e. The third-order valence-electron chi connectivity index (χ3n) is 5.37. The van der Waals surface area contributed by atoms with Gasteiger partial charge in [0, 0.05) is 29.2 Å². The van der Waals surface area contributed by atoms with Gasteiger partial charge in [0.1, 0.15) is 12.1 Å². The van der Waals surface area contributed by atoms with E-state index in [1.54, 1.807) is 17.8 Å². The molecule has 160 valence electrons. The van der Waals surface area contributed by atoms with Crippen LogP contribution in [0.5, 0.6) is 5.75 Å². The van der Waals surface area contributed by atoms with Crippen molar-refractivity contribution in [3.05, 3.63) is 53.9 Å². The Kier molecular flexibility index (Phi) is 6.31. The Labute approximate surface area is 188 Å². The molecule has 0 bridgehead atoms. The number of pyridine rings is 1. The summed E-state index contributed by atoms with van der Waals surface area (Å²) in [6, 6.07) is 7.56. The lowest BCUT2D eigenvalue weighted by Gasteiger charge is -2.27. The lowest BCUT2D eigenvalue weighted by atomic mass is 9.95. The summed E-state index contributed by atoms with van der Waals surface area (Å²) in [4.78, 5) is 25.7. The first-order valence-electron chi connectivity index (χ1n) is 9.89. The fourth-order valence-corrected chi connectivity index (χ4v) is 4.63. The normalized spacial score (nSPS) is 18.5. The van der Waals surface area contributed by atoms with Crippen LogP contribution in [-0.4, -0.2) is 38.2 Å². The van der Waals surface area contributed by atoms with Gasteiger partial charge in [-0.05, 0) is 37.8 Å². The number of benzene rings is 1. The van der Waals surface area contributed by atoms with Crippen molar-refractivity contribution in [1.82, 2.24) is 15.0 Å². The van der Waals surface area contributed by atoms with E-state index in [0.717, 1.165) is 41.3 Å². The van der Waals surface area contributed by atoms with Gasteiger partial charge in [-0.15, -0.1) is 23.7 Å². The number of rotatable bonds is 4. The molecular formula is C22H21ClN4O3S. The fraction of sp³-hybridized carbons (Fsp3) is 0.273. The molecule has 3 heterocycles. The Morgan fingerprint density at radius 1 is 1.19 bits per heavy atom. The van der Waals surface area contributed by atoms with E-state index in [1.807, 2.05) is 24.3 Å². The Morgan fingerprint density at radius 3 is 2.87 bits per heavy atom. The summed E-state index contributed by atoms with van der Waals surface area (Å²) in [7, 11) is 0. The van der Waals surface area contributed by atoms with E-state index in [4.69, 9.17) is 4.74 Å². The van der Waals surface area contributed by atoms with E-state index >= 15 is 0 Å². The van der Waals surface area contributed by atoms with Crippen LogP contribution in [0.2, 0.25) is 0 Å². The highest BCUT2D eigenvalue weighted by Gasteiger charge is 2.23. The van der Waals surface area contributed by atoms with Gasteiger partial charge in [0.2, 0.25) is 0 Å². The maximum Gasteiger partial charge on any atom is 0.258 e. The van der Waals surface area contributed by atoms with E-state index in [9.17, 15) is 9.90 Å². The molecule has 7 nitrogen and oxygen atoms in total. The topological polar surface area (TPSA) is 97.2 Å². The van der Waals surface area contributed by atoms with Crippen LogP contribution in [0, 0.1) is 0 Å². The van der Waals surface area contributed by atoms with Crippen LogP contribution in [0.25, 0.3) is 21.1 Å². The van der Waals surface area contributed by atoms with Crippen LogP contribution in [-0.2, 0) is 0 Å². The van der Waals surface area contributed by atoms with Gasteiger partial charge in [-0.3, -0.25) is 9.78 Å². The number of halogens is 1. The molecule has 1 fully saturated rings. The first-order chi connectivity index (χ1) is 14.7. The van der Waals surface area contributed by atoms with Crippen molar-refractivity contribution in [1.29, 1.82) is 0 Å². The molecule has 31 heavy (non-hydrogen) atoms. The molecule has 1 amide bonds. The monoisotopic (exact) mass is 456 g/mol. The second-order valence-electron chi connectivity index (χ2n) is 7.43. The minimum absolute atomic E-state index is 0. The highest BCUT2D eigenvalue weighted by atomic mass is 35.5. The summed E-state index contributed by atoms with van der Waals surface area (Å²) in [5.41, 5.74) is 2.55. The van der Waals surface area contributed by atoms with Gasteiger partial charge in [0.05, 0.1) is 39.2 Å². The first kappa shape index (κ1) is 21.4.